The lowest BCUT2D eigenvalue weighted by atomic mass is 10.2. The molecule has 0 radical (unpaired) electrons. The first-order chi connectivity index (χ1) is 4.31. The molecule has 56 valence electrons. The SMILES string of the molecule is ClCCCCC(Cl)CCl. The summed E-state index contributed by atoms with van der Waals surface area (Å²) in [6.07, 6.45) is 3.11. The quantitative estimate of drug-likeness (QED) is 0.460. The molecule has 0 rings (SSSR count). The summed E-state index contributed by atoms with van der Waals surface area (Å²) in [5, 5.41) is 0.134. The van der Waals surface area contributed by atoms with Crippen LogP contribution in [-0.4, -0.2) is 17.1 Å². The highest BCUT2D eigenvalue weighted by Gasteiger charge is 1.99. The lowest BCUT2D eigenvalue weighted by molar-refractivity contribution is 0.713. The van der Waals surface area contributed by atoms with Crippen LogP contribution in [0.3, 0.4) is 0 Å². The van der Waals surface area contributed by atoms with E-state index in [9.17, 15) is 0 Å². The minimum atomic E-state index is 0.134. The molecule has 9 heavy (non-hydrogen) atoms. The Balaban J connectivity index is 2.88. The molecule has 0 bridgehead atoms. The standard InChI is InChI=1S/C6H11Cl3/c7-4-2-1-3-6(9)5-8/h6H,1-5H2. The Morgan fingerprint density at radius 3 is 2.22 bits per heavy atom. The van der Waals surface area contributed by atoms with Gasteiger partial charge in [-0.15, -0.1) is 34.8 Å². The second-order valence-electron chi connectivity index (χ2n) is 1.94. The van der Waals surface area contributed by atoms with Crippen LogP contribution in [0, 0.1) is 0 Å². The van der Waals surface area contributed by atoms with Gasteiger partial charge in [-0.3, -0.25) is 0 Å². The van der Waals surface area contributed by atoms with E-state index in [2.05, 4.69) is 0 Å². The third kappa shape index (κ3) is 6.76. The van der Waals surface area contributed by atoms with Gasteiger partial charge in [0.1, 0.15) is 0 Å². The van der Waals surface area contributed by atoms with Crippen LogP contribution in [-0.2, 0) is 0 Å². The van der Waals surface area contributed by atoms with Gasteiger partial charge >= 0.3 is 0 Å². The van der Waals surface area contributed by atoms with Gasteiger partial charge in [0.2, 0.25) is 0 Å². The minimum Gasteiger partial charge on any atom is -0.127 e. The van der Waals surface area contributed by atoms with Crippen molar-refractivity contribution in [2.24, 2.45) is 0 Å². The first kappa shape index (κ1) is 9.87. The largest absolute Gasteiger partial charge is 0.127 e. The molecule has 0 saturated heterocycles. The van der Waals surface area contributed by atoms with Gasteiger partial charge in [-0.25, -0.2) is 0 Å². The summed E-state index contributed by atoms with van der Waals surface area (Å²) in [6.45, 7) is 0. The fourth-order valence-corrected chi connectivity index (χ4v) is 1.04. The molecule has 0 spiro atoms. The van der Waals surface area contributed by atoms with Gasteiger partial charge < -0.3 is 0 Å². The molecule has 0 N–H and O–H groups in total. The van der Waals surface area contributed by atoms with E-state index in [4.69, 9.17) is 34.8 Å². The summed E-state index contributed by atoms with van der Waals surface area (Å²) in [5.74, 6) is 1.27. The van der Waals surface area contributed by atoms with E-state index in [-0.39, 0.29) is 5.38 Å². The highest BCUT2D eigenvalue weighted by molar-refractivity contribution is 6.28. The lowest BCUT2D eigenvalue weighted by Crippen LogP contribution is -1.99. The van der Waals surface area contributed by atoms with Gasteiger partial charge in [-0.1, -0.05) is 6.42 Å². The third-order valence-corrected chi connectivity index (χ3v) is 2.24. The fraction of sp³-hybridized carbons (Fsp3) is 1.00. The predicted octanol–water partition coefficient (Wildman–Crippen LogP) is 3.24. The van der Waals surface area contributed by atoms with Crippen molar-refractivity contribution in [3.05, 3.63) is 0 Å². The first-order valence-electron chi connectivity index (χ1n) is 3.07. The van der Waals surface area contributed by atoms with Crippen LogP contribution < -0.4 is 0 Å². The van der Waals surface area contributed by atoms with Crippen molar-refractivity contribution in [2.75, 3.05) is 11.8 Å². The zero-order chi connectivity index (χ0) is 7.11. The maximum atomic E-state index is 5.73. The zero-order valence-corrected chi connectivity index (χ0v) is 7.51. The van der Waals surface area contributed by atoms with Gasteiger partial charge in [0.25, 0.3) is 0 Å². The molecule has 0 fully saturated rings. The number of halogens is 3. The average molecular weight is 190 g/mol. The summed E-state index contributed by atoms with van der Waals surface area (Å²) >= 11 is 16.6. The van der Waals surface area contributed by atoms with Gasteiger partial charge in [-0.05, 0) is 12.8 Å². The fourth-order valence-electron chi connectivity index (χ4n) is 0.537. The molecular formula is C6H11Cl3. The van der Waals surface area contributed by atoms with E-state index in [1.807, 2.05) is 0 Å². The molecule has 0 aromatic carbocycles. The van der Waals surface area contributed by atoms with Crippen molar-refractivity contribution in [3.8, 4) is 0 Å². The molecule has 0 heterocycles. The maximum absolute atomic E-state index is 5.73. The van der Waals surface area contributed by atoms with E-state index in [1.165, 1.54) is 0 Å². The van der Waals surface area contributed by atoms with Gasteiger partial charge in [0.15, 0.2) is 0 Å². The molecule has 0 aliphatic heterocycles. The zero-order valence-electron chi connectivity index (χ0n) is 5.25. The van der Waals surface area contributed by atoms with Crippen LogP contribution in [0.2, 0.25) is 0 Å². The molecule has 0 aromatic heterocycles. The summed E-state index contributed by atoms with van der Waals surface area (Å²) < 4.78 is 0. The van der Waals surface area contributed by atoms with Crippen LogP contribution in [0.4, 0.5) is 0 Å². The predicted molar refractivity (Wildman–Crippen MR) is 44.9 cm³/mol. The van der Waals surface area contributed by atoms with Crippen molar-refractivity contribution in [3.63, 3.8) is 0 Å². The Bertz CT molecular complexity index is 56.3. The molecule has 0 saturated carbocycles. The van der Waals surface area contributed by atoms with E-state index >= 15 is 0 Å². The number of rotatable bonds is 5. The molecule has 0 aromatic rings. The Morgan fingerprint density at radius 2 is 1.78 bits per heavy atom. The Kier molecular flexibility index (Phi) is 7.66. The van der Waals surface area contributed by atoms with Crippen LogP contribution in [0.5, 0.6) is 0 Å². The number of hydrogen-bond acceptors (Lipinski definition) is 0. The Morgan fingerprint density at radius 1 is 1.11 bits per heavy atom. The van der Waals surface area contributed by atoms with E-state index in [0.29, 0.717) is 5.88 Å². The van der Waals surface area contributed by atoms with Crippen molar-refractivity contribution in [1.29, 1.82) is 0 Å². The molecule has 0 aliphatic carbocycles. The van der Waals surface area contributed by atoms with Crippen molar-refractivity contribution in [1.82, 2.24) is 0 Å². The van der Waals surface area contributed by atoms with Crippen molar-refractivity contribution < 1.29 is 0 Å². The second-order valence-corrected chi connectivity index (χ2v) is 3.24. The molecule has 0 nitrogen and oxygen atoms in total. The summed E-state index contributed by atoms with van der Waals surface area (Å²) in [5.41, 5.74) is 0. The number of unbranched alkanes of at least 4 members (excludes halogenated alkanes) is 1. The summed E-state index contributed by atoms with van der Waals surface area (Å²) in [7, 11) is 0. The molecule has 1 atom stereocenters. The van der Waals surface area contributed by atoms with Crippen LogP contribution in [0.25, 0.3) is 0 Å². The van der Waals surface area contributed by atoms with Crippen LogP contribution >= 0.6 is 34.8 Å². The first-order valence-corrected chi connectivity index (χ1v) is 4.57. The van der Waals surface area contributed by atoms with Crippen LogP contribution in [0.1, 0.15) is 19.3 Å². The molecule has 3 heteroatoms. The minimum absolute atomic E-state index is 0.134. The molecule has 0 aliphatic rings. The van der Waals surface area contributed by atoms with Gasteiger partial charge in [0, 0.05) is 17.1 Å². The van der Waals surface area contributed by atoms with E-state index < -0.39 is 0 Å². The van der Waals surface area contributed by atoms with E-state index in [0.717, 1.165) is 25.1 Å². The second kappa shape index (κ2) is 6.98. The third-order valence-electron chi connectivity index (χ3n) is 1.07. The lowest BCUT2D eigenvalue weighted by Gasteiger charge is -2.01. The topological polar surface area (TPSA) is 0 Å². The smallest absolute Gasteiger partial charge is 0.0471 e. The summed E-state index contributed by atoms with van der Waals surface area (Å²) in [6, 6.07) is 0. The Labute approximate surface area is 71.5 Å². The number of alkyl halides is 3. The normalized spacial score (nSPS) is 13.7. The van der Waals surface area contributed by atoms with Crippen molar-refractivity contribution >= 4 is 34.8 Å². The molecule has 1 unspecified atom stereocenters. The molecular weight excluding hydrogens is 178 g/mol. The highest BCUT2D eigenvalue weighted by atomic mass is 35.5. The van der Waals surface area contributed by atoms with Crippen molar-refractivity contribution in [2.45, 2.75) is 24.6 Å². The highest BCUT2D eigenvalue weighted by Crippen LogP contribution is 2.09. The monoisotopic (exact) mass is 188 g/mol. The van der Waals surface area contributed by atoms with Crippen LogP contribution in [0.15, 0.2) is 0 Å². The van der Waals surface area contributed by atoms with Gasteiger partial charge in [-0.2, -0.15) is 0 Å². The Hall–Kier alpha value is 0.870. The van der Waals surface area contributed by atoms with E-state index in [1.54, 1.807) is 0 Å². The molecule has 0 amide bonds. The summed E-state index contributed by atoms with van der Waals surface area (Å²) in [4.78, 5) is 0. The average Bonchev–Trinajstić information content (AvgIpc) is 1.89. The van der Waals surface area contributed by atoms with Gasteiger partial charge in [0.05, 0.1) is 0 Å². The maximum Gasteiger partial charge on any atom is 0.0471 e. The number of hydrogen-bond donors (Lipinski definition) is 0.